The van der Waals surface area contributed by atoms with Gasteiger partial charge >= 0.3 is 0 Å². The molecule has 1 unspecified atom stereocenters. The van der Waals surface area contributed by atoms with Gasteiger partial charge in [0.1, 0.15) is 17.7 Å². The lowest BCUT2D eigenvalue weighted by atomic mass is 10.1. The summed E-state index contributed by atoms with van der Waals surface area (Å²) in [6, 6.07) is 5.09. The van der Waals surface area contributed by atoms with Crippen LogP contribution in [0, 0.1) is 25.5 Å². The predicted octanol–water partition coefficient (Wildman–Crippen LogP) is 3.11. The summed E-state index contributed by atoms with van der Waals surface area (Å²) in [5.41, 5.74) is 0.0785. The summed E-state index contributed by atoms with van der Waals surface area (Å²) in [6.07, 6.45) is -1.44. The normalized spacial score (nSPS) is 12.2. The van der Waals surface area contributed by atoms with E-state index in [2.05, 4.69) is 5.32 Å². The Labute approximate surface area is 125 Å². The van der Waals surface area contributed by atoms with Crippen LogP contribution in [-0.4, -0.2) is 17.6 Å². The van der Waals surface area contributed by atoms with Crippen LogP contribution in [-0.2, 0) is 0 Å². The molecule has 0 radical (unpaired) electrons. The van der Waals surface area contributed by atoms with Crippen molar-refractivity contribution in [3.63, 3.8) is 0 Å². The average Bonchev–Trinajstić information content (AvgIpc) is 2.75. The zero-order valence-corrected chi connectivity index (χ0v) is 12.4. The second-order valence-electron chi connectivity index (χ2n) is 4.69. The number of aryl methyl sites for hydroxylation is 2. The first kappa shape index (κ1) is 15.6. The van der Waals surface area contributed by atoms with Gasteiger partial charge in [0, 0.05) is 16.3 Å². The number of carbonyl (C=O) groups excluding carboxylic acids is 1. The molecule has 21 heavy (non-hydrogen) atoms. The molecule has 0 aliphatic carbocycles. The van der Waals surface area contributed by atoms with Gasteiger partial charge in [-0.05, 0) is 32.0 Å². The van der Waals surface area contributed by atoms with E-state index < -0.39 is 23.3 Å². The standard InChI is InChI=1S/C15H15F2NO2S/c1-8-6-10(9(2)21-8)15(20)18-7-13(19)14-11(16)4-3-5-12(14)17/h3-6,13,19H,7H2,1-2H3,(H,18,20). The number of aliphatic hydroxyl groups excluding tert-OH is 1. The first-order valence-corrected chi connectivity index (χ1v) is 7.19. The molecule has 1 aromatic heterocycles. The van der Waals surface area contributed by atoms with E-state index in [0.29, 0.717) is 5.56 Å². The maximum Gasteiger partial charge on any atom is 0.252 e. The molecule has 1 amide bonds. The summed E-state index contributed by atoms with van der Waals surface area (Å²) >= 11 is 1.49. The third kappa shape index (κ3) is 3.46. The van der Waals surface area contributed by atoms with Crippen molar-refractivity contribution in [2.75, 3.05) is 6.54 Å². The zero-order chi connectivity index (χ0) is 15.6. The van der Waals surface area contributed by atoms with E-state index >= 15 is 0 Å². The van der Waals surface area contributed by atoms with Crippen molar-refractivity contribution in [1.82, 2.24) is 5.32 Å². The van der Waals surface area contributed by atoms with Crippen LogP contribution in [0.3, 0.4) is 0 Å². The lowest BCUT2D eigenvalue weighted by Crippen LogP contribution is -2.29. The van der Waals surface area contributed by atoms with Crippen LogP contribution >= 0.6 is 11.3 Å². The van der Waals surface area contributed by atoms with Crippen LogP contribution in [0.25, 0.3) is 0 Å². The number of hydrogen-bond acceptors (Lipinski definition) is 3. The fourth-order valence-electron chi connectivity index (χ4n) is 2.07. The Morgan fingerprint density at radius 3 is 2.48 bits per heavy atom. The van der Waals surface area contributed by atoms with Crippen molar-refractivity contribution >= 4 is 17.2 Å². The lowest BCUT2D eigenvalue weighted by Gasteiger charge is -2.13. The monoisotopic (exact) mass is 311 g/mol. The Hall–Kier alpha value is -1.79. The van der Waals surface area contributed by atoms with Gasteiger partial charge < -0.3 is 10.4 Å². The summed E-state index contributed by atoms with van der Waals surface area (Å²) in [4.78, 5) is 13.8. The molecule has 1 aromatic carbocycles. The number of thiophene rings is 1. The van der Waals surface area contributed by atoms with E-state index in [0.717, 1.165) is 21.9 Å². The van der Waals surface area contributed by atoms with Crippen molar-refractivity contribution in [3.8, 4) is 0 Å². The minimum absolute atomic E-state index is 0.259. The van der Waals surface area contributed by atoms with Crippen LogP contribution in [0.1, 0.15) is 31.8 Å². The van der Waals surface area contributed by atoms with Gasteiger partial charge in [-0.2, -0.15) is 0 Å². The third-order valence-electron chi connectivity index (χ3n) is 3.07. The number of aliphatic hydroxyl groups is 1. The molecule has 0 saturated heterocycles. The molecule has 2 N–H and O–H groups in total. The van der Waals surface area contributed by atoms with E-state index in [9.17, 15) is 18.7 Å². The summed E-state index contributed by atoms with van der Waals surface area (Å²) < 4.78 is 27.0. The van der Waals surface area contributed by atoms with Crippen molar-refractivity contribution in [2.24, 2.45) is 0 Å². The first-order chi connectivity index (χ1) is 9.90. The van der Waals surface area contributed by atoms with Gasteiger partial charge in [-0.1, -0.05) is 6.07 Å². The largest absolute Gasteiger partial charge is 0.386 e. The fourth-order valence-corrected chi connectivity index (χ4v) is 2.99. The average molecular weight is 311 g/mol. The molecular weight excluding hydrogens is 296 g/mol. The zero-order valence-electron chi connectivity index (χ0n) is 11.6. The Bertz CT molecular complexity index is 649. The molecule has 1 heterocycles. The van der Waals surface area contributed by atoms with Crippen molar-refractivity contribution < 1.29 is 18.7 Å². The molecule has 0 aliphatic rings. The number of rotatable bonds is 4. The quantitative estimate of drug-likeness (QED) is 0.911. The highest BCUT2D eigenvalue weighted by Crippen LogP contribution is 2.22. The molecule has 112 valence electrons. The highest BCUT2D eigenvalue weighted by molar-refractivity contribution is 7.12. The lowest BCUT2D eigenvalue weighted by molar-refractivity contribution is 0.0911. The number of benzene rings is 1. The SMILES string of the molecule is Cc1cc(C(=O)NCC(O)c2c(F)cccc2F)c(C)s1. The second kappa shape index (κ2) is 6.32. The summed E-state index contributed by atoms with van der Waals surface area (Å²) in [7, 11) is 0. The Morgan fingerprint density at radius 1 is 1.33 bits per heavy atom. The molecule has 0 spiro atoms. The van der Waals surface area contributed by atoms with E-state index in [-0.39, 0.29) is 12.5 Å². The van der Waals surface area contributed by atoms with E-state index in [1.165, 1.54) is 17.4 Å². The van der Waals surface area contributed by atoms with Crippen molar-refractivity contribution in [3.05, 3.63) is 56.8 Å². The summed E-state index contributed by atoms with van der Waals surface area (Å²) in [5, 5.41) is 12.4. The molecule has 0 fully saturated rings. The van der Waals surface area contributed by atoms with Crippen LogP contribution in [0.15, 0.2) is 24.3 Å². The minimum Gasteiger partial charge on any atom is -0.386 e. The molecule has 0 saturated carbocycles. The molecule has 2 aromatic rings. The van der Waals surface area contributed by atoms with Crippen LogP contribution < -0.4 is 5.32 Å². The summed E-state index contributed by atoms with van der Waals surface area (Å²) in [6.45, 7) is 3.45. The molecule has 2 rings (SSSR count). The second-order valence-corrected chi connectivity index (χ2v) is 6.15. The third-order valence-corrected chi connectivity index (χ3v) is 4.04. The van der Waals surface area contributed by atoms with Gasteiger partial charge in [0.25, 0.3) is 5.91 Å². The van der Waals surface area contributed by atoms with E-state index in [4.69, 9.17) is 0 Å². The maximum atomic E-state index is 13.5. The Morgan fingerprint density at radius 2 is 1.95 bits per heavy atom. The smallest absolute Gasteiger partial charge is 0.252 e. The number of halogens is 2. The molecule has 1 atom stereocenters. The van der Waals surface area contributed by atoms with Gasteiger partial charge in [0.05, 0.1) is 11.1 Å². The van der Waals surface area contributed by atoms with E-state index in [1.54, 1.807) is 6.07 Å². The van der Waals surface area contributed by atoms with Gasteiger partial charge in [-0.25, -0.2) is 8.78 Å². The van der Waals surface area contributed by atoms with Gasteiger partial charge in [-0.3, -0.25) is 4.79 Å². The van der Waals surface area contributed by atoms with Crippen LogP contribution in [0.5, 0.6) is 0 Å². The minimum atomic E-state index is -1.44. The maximum absolute atomic E-state index is 13.5. The number of hydrogen-bond donors (Lipinski definition) is 2. The van der Waals surface area contributed by atoms with Crippen LogP contribution in [0.4, 0.5) is 8.78 Å². The van der Waals surface area contributed by atoms with Crippen LogP contribution in [0.2, 0.25) is 0 Å². The van der Waals surface area contributed by atoms with Crippen molar-refractivity contribution in [2.45, 2.75) is 20.0 Å². The van der Waals surface area contributed by atoms with Gasteiger partial charge in [0.2, 0.25) is 0 Å². The number of carbonyl (C=O) groups is 1. The molecule has 0 bridgehead atoms. The Kier molecular flexibility index (Phi) is 4.69. The molecule has 3 nitrogen and oxygen atoms in total. The topological polar surface area (TPSA) is 49.3 Å². The molecule has 0 aliphatic heterocycles. The Balaban J connectivity index is 2.06. The molecular formula is C15H15F2NO2S. The molecule has 6 heteroatoms. The first-order valence-electron chi connectivity index (χ1n) is 6.37. The highest BCUT2D eigenvalue weighted by atomic mass is 32.1. The van der Waals surface area contributed by atoms with Gasteiger partial charge in [-0.15, -0.1) is 11.3 Å². The fraction of sp³-hybridized carbons (Fsp3) is 0.267. The van der Waals surface area contributed by atoms with Crippen molar-refractivity contribution in [1.29, 1.82) is 0 Å². The highest BCUT2D eigenvalue weighted by Gasteiger charge is 2.19. The number of amides is 1. The van der Waals surface area contributed by atoms with Gasteiger partial charge in [0.15, 0.2) is 0 Å². The van der Waals surface area contributed by atoms with E-state index in [1.807, 2.05) is 13.8 Å². The number of nitrogens with one attached hydrogen (secondary N) is 1. The predicted molar refractivity (Wildman–Crippen MR) is 77.4 cm³/mol. The summed E-state index contributed by atoms with van der Waals surface area (Å²) in [5.74, 6) is -2.04.